The van der Waals surface area contributed by atoms with E-state index in [4.69, 9.17) is 22.1 Å². The van der Waals surface area contributed by atoms with Gasteiger partial charge in [0.1, 0.15) is 12.4 Å². The first-order valence-electron chi connectivity index (χ1n) is 9.78. The van der Waals surface area contributed by atoms with Crippen molar-refractivity contribution in [1.29, 1.82) is 0 Å². The average molecular weight is 395 g/mol. The van der Waals surface area contributed by atoms with Gasteiger partial charge >= 0.3 is 0 Å². The number of aryl methyl sites for hydroxylation is 2. The van der Waals surface area contributed by atoms with Crippen LogP contribution < -0.4 is 4.74 Å². The summed E-state index contributed by atoms with van der Waals surface area (Å²) in [5.74, 6) is 1.66. The summed E-state index contributed by atoms with van der Waals surface area (Å²) in [6, 6.07) is 16.3. The van der Waals surface area contributed by atoms with E-state index in [1.807, 2.05) is 33.5 Å². The Morgan fingerprint density at radius 3 is 2.46 bits per heavy atom. The second-order valence-electron chi connectivity index (χ2n) is 7.37. The molecular weight excluding hydrogens is 368 g/mol. The standard InChI is InChI=1S/C22H26N4OS/c1-17-10-11-20(14-18(17)2)27-15-21-23-25(16-24-12-6-7-13-24)22(28)26(21)19-8-4-3-5-9-19/h3-5,8-11,14H,6-7,12-13,15-16H2,1-2H3. The molecule has 146 valence electrons. The Kier molecular flexibility index (Phi) is 5.59. The SMILES string of the molecule is Cc1ccc(OCc2nn(CN3CCCC3)c(=S)n2-c2ccccc2)cc1C. The van der Waals surface area contributed by atoms with E-state index in [0.29, 0.717) is 11.4 Å². The summed E-state index contributed by atoms with van der Waals surface area (Å²) in [5.41, 5.74) is 3.49. The summed E-state index contributed by atoms with van der Waals surface area (Å²) >= 11 is 5.78. The number of hydrogen-bond donors (Lipinski definition) is 0. The lowest BCUT2D eigenvalue weighted by molar-refractivity contribution is 0.249. The quantitative estimate of drug-likeness (QED) is 0.570. The van der Waals surface area contributed by atoms with Crippen LogP contribution in [0.15, 0.2) is 48.5 Å². The monoisotopic (exact) mass is 394 g/mol. The molecule has 0 saturated carbocycles. The molecule has 0 radical (unpaired) electrons. The molecule has 0 amide bonds. The third-order valence-electron chi connectivity index (χ3n) is 5.30. The number of rotatable bonds is 6. The zero-order valence-corrected chi connectivity index (χ0v) is 17.3. The molecule has 2 heterocycles. The number of para-hydroxylation sites is 1. The summed E-state index contributed by atoms with van der Waals surface area (Å²) in [6.07, 6.45) is 2.49. The molecule has 0 unspecified atom stereocenters. The summed E-state index contributed by atoms with van der Waals surface area (Å²) in [5, 5.41) is 4.81. The van der Waals surface area contributed by atoms with Gasteiger partial charge in [0, 0.05) is 5.69 Å². The normalized spacial score (nSPS) is 14.5. The van der Waals surface area contributed by atoms with Crippen molar-refractivity contribution in [3.63, 3.8) is 0 Å². The zero-order chi connectivity index (χ0) is 19.5. The number of aromatic nitrogens is 3. The van der Waals surface area contributed by atoms with Crippen LogP contribution in [0.25, 0.3) is 5.69 Å². The van der Waals surface area contributed by atoms with Crippen molar-refractivity contribution < 1.29 is 4.74 Å². The van der Waals surface area contributed by atoms with Crippen LogP contribution >= 0.6 is 12.2 Å². The van der Waals surface area contributed by atoms with Gasteiger partial charge in [-0.05, 0) is 87.4 Å². The topological polar surface area (TPSA) is 35.2 Å². The smallest absolute Gasteiger partial charge is 0.203 e. The molecule has 0 atom stereocenters. The Labute approximate surface area is 171 Å². The Morgan fingerprint density at radius 2 is 1.75 bits per heavy atom. The maximum absolute atomic E-state index is 6.07. The van der Waals surface area contributed by atoms with Crippen LogP contribution in [-0.4, -0.2) is 32.3 Å². The van der Waals surface area contributed by atoms with Crippen LogP contribution in [0, 0.1) is 18.6 Å². The number of likely N-dealkylation sites (tertiary alicyclic amines) is 1. The second-order valence-corrected chi connectivity index (χ2v) is 7.74. The summed E-state index contributed by atoms with van der Waals surface area (Å²) in [7, 11) is 0. The second kappa shape index (κ2) is 8.29. The molecule has 1 saturated heterocycles. The Hall–Kier alpha value is -2.44. The summed E-state index contributed by atoms with van der Waals surface area (Å²) in [4.78, 5) is 2.39. The van der Waals surface area contributed by atoms with Crippen molar-refractivity contribution in [2.45, 2.75) is 40.0 Å². The largest absolute Gasteiger partial charge is 0.486 e. The van der Waals surface area contributed by atoms with Crippen LogP contribution in [0.4, 0.5) is 0 Å². The molecule has 1 aromatic heterocycles. The lowest BCUT2D eigenvalue weighted by Crippen LogP contribution is -2.23. The first-order valence-corrected chi connectivity index (χ1v) is 10.2. The van der Waals surface area contributed by atoms with E-state index in [1.165, 1.54) is 24.0 Å². The van der Waals surface area contributed by atoms with Crippen molar-refractivity contribution in [2.75, 3.05) is 13.1 Å². The van der Waals surface area contributed by atoms with Gasteiger partial charge in [-0.15, -0.1) is 0 Å². The van der Waals surface area contributed by atoms with Gasteiger partial charge in [0.2, 0.25) is 4.77 Å². The number of hydrogen-bond acceptors (Lipinski definition) is 4. The van der Waals surface area contributed by atoms with Gasteiger partial charge < -0.3 is 4.74 Å². The van der Waals surface area contributed by atoms with E-state index >= 15 is 0 Å². The van der Waals surface area contributed by atoms with Crippen LogP contribution in [0.1, 0.15) is 29.8 Å². The number of nitrogens with zero attached hydrogens (tertiary/aromatic N) is 4. The van der Waals surface area contributed by atoms with Gasteiger partial charge in [0.05, 0.1) is 6.67 Å². The highest BCUT2D eigenvalue weighted by atomic mass is 32.1. The molecule has 1 fully saturated rings. The Morgan fingerprint density at radius 1 is 1.00 bits per heavy atom. The van der Waals surface area contributed by atoms with Gasteiger partial charge in [0.15, 0.2) is 5.82 Å². The number of ether oxygens (including phenoxy) is 1. The van der Waals surface area contributed by atoms with Crippen molar-refractivity contribution >= 4 is 12.2 Å². The lowest BCUT2D eigenvalue weighted by atomic mass is 10.1. The van der Waals surface area contributed by atoms with Crippen molar-refractivity contribution in [2.24, 2.45) is 0 Å². The Bertz CT molecular complexity index is 1000. The van der Waals surface area contributed by atoms with Gasteiger partial charge in [-0.1, -0.05) is 24.3 Å². The fourth-order valence-corrected chi connectivity index (χ4v) is 3.85. The van der Waals surface area contributed by atoms with Crippen molar-refractivity contribution in [3.8, 4) is 11.4 Å². The molecule has 0 N–H and O–H groups in total. The molecule has 3 aromatic rings. The molecule has 0 bridgehead atoms. The molecule has 0 spiro atoms. The third-order valence-corrected chi connectivity index (χ3v) is 5.69. The summed E-state index contributed by atoms with van der Waals surface area (Å²) < 4.78 is 10.7. The van der Waals surface area contributed by atoms with E-state index in [-0.39, 0.29) is 0 Å². The highest BCUT2D eigenvalue weighted by Gasteiger charge is 2.17. The molecule has 0 aliphatic carbocycles. The van der Waals surface area contributed by atoms with Gasteiger partial charge in [-0.2, -0.15) is 5.10 Å². The minimum Gasteiger partial charge on any atom is -0.486 e. The molecule has 6 heteroatoms. The highest BCUT2D eigenvalue weighted by Crippen LogP contribution is 2.19. The minimum atomic E-state index is 0.369. The lowest BCUT2D eigenvalue weighted by Gasteiger charge is -2.13. The van der Waals surface area contributed by atoms with E-state index in [2.05, 4.69) is 43.0 Å². The van der Waals surface area contributed by atoms with Gasteiger partial charge in [-0.3, -0.25) is 9.47 Å². The number of benzene rings is 2. The molecular formula is C22H26N4OS. The van der Waals surface area contributed by atoms with Crippen LogP contribution in [0.3, 0.4) is 0 Å². The van der Waals surface area contributed by atoms with Crippen molar-refractivity contribution in [3.05, 3.63) is 70.3 Å². The maximum atomic E-state index is 6.07. The average Bonchev–Trinajstić information content (AvgIpc) is 3.32. The van der Waals surface area contributed by atoms with Gasteiger partial charge in [-0.25, -0.2) is 4.68 Å². The van der Waals surface area contributed by atoms with Crippen molar-refractivity contribution in [1.82, 2.24) is 19.2 Å². The molecule has 28 heavy (non-hydrogen) atoms. The first kappa shape index (κ1) is 18.9. The molecule has 1 aliphatic rings. The molecule has 1 aliphatic heterocycles. The Balaban J connectivity index is 1.64. The predicted octanol–water partition coefficient (Wildman–Crippen LogP) is 4.65. The molecule has 2 aromatic carbocycles. The summed E-state index contributed by atoms with van der Waals surface area (Å²) in [6.45, 7) is 7.51. The third kappa shape index (κ3) is 4.03. The van der Waals surface area contributed by atoms with Crippen LogP contribution in [-0.2, 0) is 13.3 Å². The van der Waals surface area contributed by atoms with Crippen LogP contribution in [0.5, 0.6) is 5.75 Å². The maximum Gasteiger partial charge on any atom is 0.203 e. The fraction of sp³-hybridized carbons (Fsp3) is 0.364. The van der Waals surface area contributed by atoms with E-state index in [0.717, 1.165) is 37.0 Å². The minimum absolute atomic E-state index is 0.369. The fourth-order valence-electron chi connectivity index (χ4n) is 3.54. The zero-order valence-electron chi connectivity index (χ0n) is 16.5. The molecule has 5 nitrogen and oxygen atoms in total. The predicted molar refractivity (Wildman–Crippen MR) is 113 cm³/mol. The van der Waals surface area contributed by atoms with Crippen LogP contribution in [0.2, 0.25) is 0 Å². The first-order chi connectivity index (χ1) is 13.6. The van der Waals surface area contributed by atoms with E-state index < -0.39 is 0 Å². The molecule has 4 rings (SSSR count). The van der Waals surface area contributed by atoms with E-state index in [1.54, 1.807) is 0 Å². The van der Waals surface area contributed by atoms with Gasteiger partial charge in [0.25, 0.3) is 0 Å². The van der Waals surface area contributed by atoms with E-state index in [9.17, 15) is 0 Å². The highest BCUT2D eigenvalue weighted by molar-refractivity contribution is 7.71.